The van der Waals surface area contributed by atoms with Crippen LogP contribution in [0.5, 0.6) is 0 Å². The van der Waals surface area contributed by atoms with Gasteiger partial charge in [-0.05, 0) is 49.7 Å². The first-order valence-electron chi connectivity index (χ1n) is 11.0. The van der Waals surface area contributed by atoms with Crippen molar-refractivity contribution in [1.29, 1.82) is 0 Å². The van der Waals surface area contributed by atoms with Crippen LogP contribution in [0.1, 0.15) is 27.3 Å². The number of para-hydroxylation sites is 1. The quantitative estimate of drug-likeness (QED) is 0.317. The van der Waals surface area contributed by atoms with E-state index in [1.165, 1.54) is 0 Å². The molecule has 0 radical (unpaired) electrons. The number of nitrogens with zero attached hydrogens (tertiary/aromatic N) is 2. The molecular formula is C26H23ClN4O3. The summed E-state index contributed by atoms with van der Waals surface area (Å²) >= 11 is 6.14. The van der Waals surface area contributed by atoms with Gasteiger partial charge < -0.3 is 14.9 Å². The second-order valence-corrected chi connectivity index (χ2v) is 8.95. The van der Waals surface area contributed by atoms with Gasteiger partial charge in [0.15, 0.2) is 5.78 Å². The van der Waals surface area contributed by atoms with Gasteiger partial charge in [0.2, 0.25) is 0 Å². The number of imide groups is 1. The van der Waals surface area contributed by atoms with Crippen molar-refractivity contribution in [3.63, 3.8) is 0 Å². The zero-order valence-corrected chi connectivity index (χ0v) is 19.5. The van der Waals surface area contributed by atoms with E-state index in [1.54, 1.807) is 12.1 Å². The van der Waals surface area contributed by atoms with Gasteiger partial charge in [-0.2, -0.15) is 0 Å². The Morgan fingerprint density at radius 1 is 1.06 bits per heavy atom. The van der Waals surface area contributed by atoms with Crippen LogP contribution >= 0.6 is 11.6 Å². The maximum absolute atomic E-state index is 13.2. The Morgan fingerprint density at radius 3 is 2.65 bits per heavy atom. The molecule has 2 N–H and O–H groups in total. The molecule has 1 saturated heterocycles. The molecule has 0 unspecified atom stereocenters. The average molecular weight is 475 g/mol. The molecule has 7 nitrogen and oxygen atoms in total. The predicted molar refractivity (Wildman–Crippen MR) is 131 cm³/mol. The minimum atomic E-state index is -0.710. The SMILES string of the molecule is Cc1cc(C(=O)CN2C(=O)N[C@H](Cc3c[nH]c4ccccc34)C2=O)c(C)n1-c1cccc(Cl)c1. The first-order chi connectivity index (χ1) is 16.3. The van der Waals surface area contributed by atoms with Gasteiger partial charge in [0.05, 0.1) is 6.54 Å². The predicted octanol–water partition coefficient (Wildman–Crippen LogP) is 4.57. The lowest BCUT2D eigenvalue weighted by Crippen LogP contribution is -2.36. The normalized spacial score (nSPS) is 15.9. The molecule has 2 aromatic heterocycles. The third kappa shape index (κ3) is 3.78. The minimum absolute atomic E-state index is 0.294. The Morgan fingerprint density at radius 2 is 1.85 bits per heavy atom. The van der Waals surface area contributed by atoms with Crippen molar-refractivity contribution in [2.24, 2.45) is 0 Å². The van der Waals surface area contributed by atoms with Crippen molar-refractivity contribution < 1.29 is 14.4 Å². The van der Waals surface area contributed by atoms with Gasteiger partial charge in [-0.3, -0.25) is 14.5 Å². The number of aryl methyl sites for hydroxylation is 1. The number of aromatic nitrogens is 2. The van der Waals surface area contributed by atoms with E-state index in [1.807, 2.05) is 67.1 Å². The molecule has 4 aromatic rings. The molecule has 8 heteroatoms. The number of carbonyl (C=O) groups excluding carboxylic acids is 3. The van der Waals surface area contributed by atoms with E-state index in [0.29, 0.717) is 17.0 Å². The summed E-state index contributed by atoms with van der Waals surface area (Å²) in [6, 6.07) is 15.7. The summed E-state index contributed by atoms with van der Waals surface area (Å²) in [7, 11) is 0. The van der Waals surface area contributed by atoms with E-state index < -0.39 is 18.0 Å². The molecule has 34 heavy (non-hydrogen) atoms. The summed E-state index contributed by atoms with van der Waals surface area (Å²) in [6.07, 6.45) is 2.20. The van der Waals surface area contributed by atoms with E-state index in [2.05, 4.69) is 10.3 Å². The number of ketones is 1. The van der Waals surface area contributed by atoms with Gasteiger partial charge in [0, 0.05) is 51.2 Å². The molecule has 0 saturated carbocycles. The number of hydrogen-bond acceptors (Lipinski definition) is 3. The van der Waals surface area contributed by atoms with Crippen LogP contribution in [0.3, 0.4) is 0 Å². The van der Waals surface area contributed by atoms with Crippen LogP contribution in [-0.2, 0) is 11.2 Å². The summed E-state index contributed by atoms with van der Waals surface area (Å²) in [5, 5.41) is 4.33. The lowest BCUT2D eigenvalue weighted by atomic mass is 10.0. The number of benzene rings is 2. The average Bonchev–Trinajstić information content (AvgIpc) is 3.44. The standard InChI is InChI=1S/C26H23ClN4O3/c1-15-10-21(16(2)31(15)19-7-5-6-18(27)12-19)24(32)14-30-25(33)23(29-26(30)34)11-17-13-28-22-9-4-3-8-20(17)22/h3-10,12-13,23,28H,11,14H2,1-2H3,(H,29,34)/t23-/m1/s1. The summed E-state index contributed by atoms with van der Waals surface area (Å²) in [5.41, 5.74) is 4.81. The van der Waals surface area contributed by atoms with Crippen molar-refractivity contribution >= 4 is 40.2 Å². The van der Waals surface area contributed by atoms with Crippen molar-refractivity contribution in [3.05, 3.63) is 88.3 Å². The number of hydrogen-bond donors (Lipinski definition) is 2. The molecule has 1 aliphatic heterocycles. The highest BCUT2D eigenvalue weighted by atomic mass is 35.5. The van der Waals surface area contributed by atoms with Crippen LogP contribution in [0.25, 0.3) is 16.6 Å². The van der Waals surface area contributed by atoms with Gasteiger partial charge in [-0.25, -0.2) is 4.79 Å². The number of aromatic amines is 1. The minimum Gasteiger partial charge on any atom is -0.361 e. The number of Topliss-reactive ketones (excluding diaryl/α,β-unsaturated/α-hetero) is 1. The molecule has 3 amide bonds. The topological polar surface area (TPSA) is 87.2 Å². The second-order valence-electron chi connectivity index (χ2n) is 8.51. The van der Waals surface area contributed by atoms with E-state index in [-0.39, 0.29) is 12.3 Å². The van der Waals surface area contributed by atoms with Crippen LogP contribution in [0.15, 0.2) is 60.8 Å². The van der Waals surface area contributed by atoms with Crippen LogP contribution < -0.4 is 5.32 Å². The highest BCUT2D eigenvalue weighted by Crippen LogP contribution is 2.25. The molecule has 0 aliphatic carbocycles. The van der Waals surface area contributed by atoms with E-state index in [4.69, 9.17) is 11.6 Å². The number of rotatable bonds is 6. The third-order valence-corrected chi connectivity index (χ3v) is 6.54. The van der Waals surface area contributed by atoms with Crippen molar-refractivity contribution in [2.45, 2.75) is 26.3 Å². The molecule has 3 heterocycles. The Bertz CT molecular complexity index is 1450. The van der Waals surface area contributed by atoms with Gasteiger partial charge >= 0.3 is 6.03 Å². The van der Waals surface area contributed by atoms with Crippen molar-refractivity contribution in [3.8, 4) is 5.69 Å². The number of halogens is 1. The Labute approximate surface area is 201 Å². The third-order valence-electron chi connectivity index (χ3n) is 6.31. The largest absolute Gasteiger partial charge is 0.361 e. The molecule has 2 aromatic carbocycles. The molecule has 1 atom stereocenters. The van der Waals surface area contributed by atoms with Gasteiger partial charge in [-0.15, -0.1) is 0 Å². The fraction of sp³-hybridized carbons (Fsp3) is 0.192. The first-order valence-corrected chi connectivity index (χ1v) is 11.4. The van der Waals surface area contributed by atoms with E-state index in [9.17, 15) is 14.4 Å². The number of carbonyl (C=O) groups is 3. The number of fused-ring (bicyclic) bond motifs is 1. The number of urea groups is 1. The van der Waals surface area contributed by atoms with E-state index in [0.717, 1.165) is 38.4 Å². The fourth-order valence-corrected chi connectivity index (χ4v) is 4.86. The molecule has 0 bridgehead atoms. The Hall–Kier alpha value is -3.84. The van der Waals surface area contributed by atoms with Crippen molar-refractivity contribution in [2.75, 3.05) is 6.54 Å². The summed E-state index contributed by atoms with van der Waals surface area (Å²) in [5.74, 6) is -0.690. The number of amides is 3. The number of nitrogens with one attached hydrogen (secondary N) is 2. The summed E-state index contributed by atoms with van der Waals surface area (Å²) < 4.78 is 1.94. The molecular weight excluding hydrogens is 452 g/mol. The smallest absolute Gasteiger partial charge is 0.325 e. The lowest BCUT2D eigenvalue weighted by Gasteiger charge is -2.13. The fourth-order valence-electron chi connectivity index (χ4n) is 4.67. The number of H-pyrrole nitrogens is 1. The van der Waals surface area contributed by atoms with Gasteiger partial charge in [0.1, 0.15) is 6.04 Å². The van der Waals surface area contributed by atoms with Gasteiger partial charge in [-0.1, -0.05) is 35.9 Å². The highest BCUT2D eigenvalue weighted by molar-refractivity contribution is 6.30. The first kappa shape index (κ1) is 22.0. The van der Waals surface area contributed by atoms with Crippen LogP contribution in [0.2, 0.25) is 5.02 Å². The Kier molecular flexibility index (Phi) is 5.49. The zero-order valence-electron chi connectivity index (χ0n) is 18.8. The Balaban J connectivity index is 1.34. The molecule has 5 rings (SSSR count). The van der Waals surface area contributed by atoms with E-state index >= 15 is 0 Å². The van der Waals surface area contributed by atoms with Crippen molar-refractivity contribution in [1.82, 2.24) is 19.8 Å². The van der Waals surface area contributed by atoms with Gasteiger partial charge in [0.25, 0.3) is 5.91 Å². The zero-order chi connectivity index (χ0) is 24.0. The molecule has 0 spiro atoms. The van der Waals surface area contributed by atoms with Crippen LogP contribution in [0, 0.1) is 13.8 Å². The van der Waals surface area contributed by atoms with Crippen LogP contribution in [-0.4, -0.2) is 44.8 Å². The maximum atomic E-state index is 13.2. The molecule has 1 fully saturated rings. The highest BCUT2D eigenvalue weighted by Gasteiger charge is 2.39. The molecule has 1 aliphatic rings. The maximum Gasteiger partial charge on any atom is 0.325 e. The summed E-state index contributed by atoms with van der Waals surface area (Å²) in [6.45, 7) is 3.43. The molecule has 172 valence electrons. The second kappa shape index (κ2) is 8.50. The van der Waals surface area contributed by atoms with Crippen LogP contribution in [0.4, 0.5) is 4.79 Å². The monoisotopic (exact) mass is 474 g/mol. The summed E-state index contributed by atoms with van der Waals surface area (Å²) in [4.78, 5) is 43.0. The lowest BCUT2D eigenvalue weighted by molar-refractivity contribution is -0.127.